The van der Waals surface area contributed by atoms with Crippen molar-refractivity contribution in [2.24, 2.45) is 5.92 Å². The molecular weight excluding hydrogens is 204 g/mol. The highest BCUT2D eigenvalue weighted by Crippen LogP contribution is 2.02. The van der Waals surface area contributed by atoms with Gasteiger partial charge in [0, 0.05) is 19.4 Å². The fourth-order valence-electron chi connectivity index (χ4n) is 1.34. The van der Waals surface area contributed by atoms with Gasteiger partial charge in [-0.05, 0) is 18.8 Å². The largest absolute Gasteiger partial charge is 0.356 e. The summed E-state index contributed by atoms with van der Waals surface area (Å²) in [4.78, 5) is 15.4. The minimum atomic E-state index is 0.145. The highest BCUT2D eigenvalue weighted by molar-refractivity contribution is 5.75. The van der Waals surface area contributed by atoms with Crippen LogP contribution < -0.4 is 5.32 Å². The molecular formula is C11H20N4O. The first-order chi connectivity index (χ1) is 7.68. The van der Waals surface area contributed by atoms with Crippen LogP contribution in [0.3, 0.4) is 0 Å². The van der Waals surface area contributed by atoms with Gasteiger partial charge in [-0.25, -0.2) is 4.98 Å². The number of H-pyrrole nitrogens is 1. The molecule has 0 aromatic carbocycles. The van der Waals surface area contributed by atoms with Crippen molar-refractivity contribution < 1.29 is 4.79 Å². The molecule has 5 nitrogen and oxygen atoms in total. The lowest BCUT2D eigenvalue weighted by Gasteiger charge is -2.05. The van der Waals surface area contributed by atoms with E-state index >= 15 is 0 Å². The molecule has 16 heavy (non-hydrogen) atoms. The van der Waals surface area contributed by atoms with E-state index in [0.29, 0.717) is 18.9 Å². The van der Waals surface area contributed by atoms with Crippen LogP contribution in [0.15, 0.2) is 6.33 Å². The minimum absolute atomic E-state index is 0.145. The van der Waals surface area contributed by atoms with Crippen molar-refractivity contribution in [1.29, 1.82) is 0 Å². The van der Waals surface area contributed by atoms with Gasteiger partial charge in [-0.3, -0.25) is 9.89 Å². The summed E-state index contributed by atoms with van der Waals surface area (Å²) in [5.41, 5.74) is 0. The van der Waals surface area contributed by atoms with Crippen LogP contribution in [0.1, 0.15) is 38.9 Å². The van der Waals surface area contributed by atoms with E-state index in [4.69, 9.17) is 0 Å². The Bertz CT molecular complexity index is 295. The fourth-order valence-corrected chi connectivity index (χ4v) is 1.34. The number of amides is 1. The van der Waals surface area contributed by atoms with E-state index in [-0.39, 0.29) is 5.91 Å². The number of hydrogen-bond donors (Lipinski definition) is 2. The van der Waals surface area contributed by atoms with Crippen molar-refractivity contribution in [3.8, 4) is 0 Å². The van der Waals surface area contributed by atoms with Crippen molar-refractivity contribution in [3.05, 3.63) is 12.2 Å². The van der Waals surface area contributed by atoms with Gasteiger partial charge < -0.3 is 5.32 Å². The zero-order valence-electron chi connectivity index (χ0n) is 9.99. The molecule has 1 rings (SSSR count). The van der Waals surface area contributed by atoms with E-state index in [1.807, 2.05) is 0 Å². The number of aryl methyl sites for hydroxylation is 1. The van der Waals surface area contributed by atoms with Gasteiger partial charge in [-0.15, -0.1) is 0 Å². The van der Waals surface area contributed by atoms with Crippen molar-refractivity contribution in [2.45, 2.75) is 39.5 Å². The van der Waals surface area contributed by atoms with Crippen LogP contribution in [-0.2, 0) is 11.2 Å². The molecule has 2 N–H and O–H groups in total. The number of aromatic amines is 1. The van der Waals surface area contributed by atoms with Crippen molar-refractivity contribution in [2.75, 3.05) is 6.54 Å². The van der Waals surface area contributed by atoms with Crippen LogP contribution in [0.25, 0.3) is 0 Å². The summed E-state index contributed by atoms with van der Waals surface area (Å²) >= 11 is 0. The van der Waals surface area contributed by atoms with Crippen LogP contribution in [0.5, 0.6) is 0 Å². The lowest BCUT2D eigenvalue weighted by atomic mass is 10.1. The molecule has 1 aromatic rings. The summed E-state index contributed by atoms with van der Waals surface area (Å²) in [5, 5.41) is 9.45. The SMILES string of the molecule is CC(C)CCC(=O)NCCCc1ncn[nH]1. The number of nitrogens with one attached hydrogen (secondary N) is 2. The Morgan fingerprint density at radius 1 is 1.56 bits per heavy atom. The molecule has 0 saturated heterocycles. The maximum atomic E-state index is 11.4. The summed E-state index contributed by atoms with van der Waals surface area (Å²) in [7, 11) is 0. The highest BCUT2D eigenvalue weighted by atomic mass is 16.1. The normalized spacial score (nSPS) is 10.7. The van der Waals surface area contributed by atoms with Crippen LogP contribution >= 0.6 is 0 Å². The Morgan fingerprint density at radius 3 is 3.00 bits per heavy atom. The van der Waals surface area contributed by atoms with Gasteiger partial charge in [0.1, 0.15) is 12.2 Å². The second-order valence-corrected chi connectivity index (χ2v) is 4.32. The third-order valence-corrected chi connectivity index (χ3v) is 2.33. The van der Waals surface area contributed by atoms with E-state index in [1.165, 1.54) is 6.33 Å². The molecule has 0 atom stereocenters. The molecule has 1 amide bonds. The van der Waals surface area contributed by atoms with E-state index in [2.05, 4.69) is 34.3 Å². The Labute approximate surface area is 96.0 Å². The molecule has 0 saturated carbocycles. The molecule has 0 radical (unpaired) electrons. The molecule has 1 aromatic heterocycles. The Balaban J connectivity index is 2.00. The molecule has 0 unspecified atom stereocenters. The quantitative estimate of drug-likeness (QED) is 0.686. The van der Waals surface area contributed by atoms with Crippen LogP contribution in [0.4, 0.5) is 0 Å². The van der Waals surface area contributed by atoms with Gasteiger partial charge in [-0.1, -0.05) is 13.8 Å². The Kier molecular flexibility index (Phi) is 5.53. The van der Waals surface area contributed by atoms with Gasteiger partial charge in [0.2, 0.25) is 5.91 Å². The summed E-state index contributed by atoms with van der Waals surface area (Å²) in [6.45, 7) is 4.95. The van der Waals surface area contributed by atoms with Crippen LogP contribution in [0.2, 0.25) is 0 Å². The van der Waals surface area contributed by atoms with Gasteiger partial charge in [0.05, 0.1) is 0 Å². The number of nitrogens with zero attached hydrogens (tertiary/aromatic N) is 2. The predicted octanol–water partition coefficient (Wildman–Crippen LogP) is 1.29. The van der Waals surface area contributed by atoms with E-state index < -0.39 is 0 Å². The van der Waals surface area contributed by atoms with Gasteiger partial charge in [0.15, 0.2) is 0 Å². The van der Waals surface area contributed by atoms with E-state index in [1.54, 1.807) is 0 Å². The van der Waals surface area contributed by atoms with Crippen LogP contribution in [-0.4, -0.2) is 27.6 Å². The number of carbonyl (C=O) groups excluding carboxylic acids is 1. The molecule has 0 aliphatic heterocycles. The molecule has 5 heteroatoms. The average Bonchev–Trinajstić information content (AvgIpc) is 2.74. The summed E-state index contributed by atoms with van der Waals surface area (Å²) in [5.74, 6) is 1.60. The standard InChI is InChI=1S/C11H20N4O/c1-9(2)5-6-11(16)12-7-3-4-10-13-8-14-15-10/h8-9H,3-7H2,1-2H3,(H,12,16)(H,13,14,15). The minimum Gasteiger partial charge on any atom is -0.356 e. The molecule has 1 heterocycles. The van der Waals surface area contributed by atoms with Gasteiger partial charge in [-0.2, -0.15) is 5.10 Å². The molecule has 0 spiro atoms. The first-order valence-corrected chi connectivity index (χ1v) is 5.79. The third kappa shape index (κ3) is 5.48. The smallest absolute Gasteiger partial charge is 0.220 e. The number of rotatable bonds is 7. The van der Waals surface area contributed by atoms with Crippen molar-refractivity contribution in [3.63, 3.8) is 0 Å². The first kappa shape index (κ1) is 12.7. The zero-order valence-corrected chi connectivity index (χ0v) is 9.99. The molecule has 0 fully saturated rings. The Hall–Kier alpha value is -1.39. The average molecular weight is 224 g/mol. The number of aromatic nitrogens is 3. The Morgan fingerprint density at radius 2 is 2.38 bits per heavy atom. The van der Waals surface area contributed by atoms with Gasteiger partial charge in [0.25, 0.3) is 0 Å². The van der Waals surface area contributed by atoms with Crippen LogP contribution in [0, 0.1) is 5.92 Å². The second kappa shape index (κ2) is 6.98. The maximum absolute atomic E-state index is 11.4. The van der Waals surface area contributed by atoms with E-state index in [9.17, 15) is 4.79 Å². The van der Waals surface area contributed by atoms with Crippen molar-refractivity contribution >= 4 is 5.91 Å². The second-order valence-electron chi connectivity index (χ2n) is 4.32. The lowest BCUT2D eigenvalue weighted by Crippen LogP contribution is -2.24. The molecule has 0 aliphatic rings. The van der Waals surface area contributed by atoms with Crippen molar-refractivity contribution in [1.82, 2.24) is 20.5 Å². The summed E-state index contributed by atoms with van der Waals surface area (Å²) < 4.78 is 0. The molecule has 90 valence electrons. The topological polar surface area (TPSA) is 70.7 Å². The first-order valence-electron chi connectivity index (χ1n) is 5.79. The summed E-state index contributed by atoms with van der Waals surface area (Å²) in [6.07, 6.45) is 4.79. The summed E-state index contributed by atoms with van der Waals surface area (Å²) in [6, 6.07) is 0. The van der Waals surface area contributed by atoms with Gasteiger partial charge >= 0.3 is 0 Å². The fraction of sp³-hybridized carbons (Fsp3) is 0.727. The molecule has 0 bridgehead atoms. The predicted molar refractivity (Wildman–Crippen MR) is 61.8 cm³/mol. The lowest BCUT2D eigenvalue weighted by molar-refractivity contribution is -0.121. The number of carbonyl (C=O) groups is 1. The zero-order chi connectivity index (χ0) is 11.8. The third-order valence-electron chi connectivity index (χ3n) is 2.33. The monoisotopic (exact) mass is 224 g/mol. The maximum Gasteiger partial charge on any atom is 0.220 e. The molecule has 0 aliphatic carbocycles. The highest BCUT2D eigenvalue weighted by Gasteiger charge is 2.02. The van der Waals surface area contributed by atoms with E-state index in [0.717, 1.165) is 25.1 Å². The number of hydrogen-bond acceptors (Lipinski definition) is 3.